The maximum Gasteiger partial charge on any atom is 0.0771 e. The van der Waals surface area contributed by atoms with Crippen molar-refractivity contribution in [3.05, 3.63) is 20.8 Å². The van der Waals surface area contributed by atoms with Crippen LogP contribution in [0, 0.1) is 0 Å². The van der Waals surface area contributed by atoms with Gasteiger partial charge in [-0.05, 0) is 45.8 Å². The van der Waals surface area contributed by atoms with Crippen molar-refractivity contribution >= 4 is 27.3 Å². The van der Waals surface area contributed by atoms with E-state index in [0.717, 1.165) is 25.9 Å². The first-order chi connectivity index (χ1) is 8.18. The van der Waals surface area contributed by atoms with Gasteiger partial charge in [0.05, 0.1) is 9.39 Å². The summed E-state index contributed by atoms with van der Waals surface area (Å²) in [6, 6.07) is 2.13. The van der Waals surface area contributed by atoms with Crippen LogP contribution >= 0.6 is 27.3 Å². The average molecular weight is 318 g/mol. The van der Waals surface area contributed by atoms with Gasteiger partial charge in [-0.25, -0.2) is 0 Å². The Morgan fingerprint density at radius 2 is 2.00 bits per heavy atom. The number of thiophene rings is 1. The molecule has 1 aliphatic rings. The monoisotopic (exact) mass is 317 g/mol. The minimum absolute atomic E-state index is 0.468. The second-order valence-electron chi connectivity index (χ2n) is 5.00. The summed E-state index contributed by atoms with van der Waals surface area (Å²) in [7, 11) is 0. The van der Waals surface area contributed by atoms with Gasteiger partial charge in [0.1, 0.15) is 0 Å². The molecule has 1 fully saturated rings. The standard InChI is InChI=1S/C13H20BrNOS/c14-12-7-11(9-17-12)8-15-10-13(16)5-3-1-2-4-6-13/h7,9,15-16H,1-6,8,10H2. The molecular weight excluding hydrogens is 298 g/mol. The third-order valence-electron chi connectivity index (χ3n) is 3.44. The molecule has 2 nitrogen and oxygen atoms in total. The fourth-order valence-electron chi connectivity index (χ4n) is 2.44. The molecule has 0 aliphatic heterocycles. The van der Waals surface area contributed by atoms with Gasteiger partial charge in [0, 0.05) is 13.1 Å². The molecule has 1 aromatic heterocycles. The van der Waals surface area contributed by atoms with Crippen molar-refractivity contribution in [2.45, 2.75) is 50.7 Å². The number of rotatable bonds is 4. The zero-order chi connectivity index (χ0) is 12.1. The molecule has 0 aromatic carbocycles. The summed E-state index contributed by atoms with van der Waals surface area (Å²) in [5.74, 6) is 0. The average Bonchev–Trinajstić information content (AvgIpc) is 2.58. The van der Waals surface area contributed by atoms with Crippen molar-refractivity contribution in [1.29, 1.82) is 0 Å². The Kier molecular flexibility index (Phi) is 5.03. The lowest BCUT2D eigenvalue weighted by Gasteiger charge is -2.26. The summed E-state index contributed by atoms with van der Waals surface area (Å²) < 4.78 is 1.17. The Morgan fingerprint density at radius 1 is 1.29 bits per heavy atom. The number of hydrogen-bond acceptors (Lipinski definition) is 3. The second-order valence-corrected chi connectivity index (χ2v) is 7.29. The predicted octanol–water partition coefficient (Wildman–Crippen LogP) is 3.69. The number of nitrogens with one attached hydrogen (secondary N) is 1. The van der Waals surface area contributed by atoms with E-state index in [1.54, 1.807) is 11.3 Å². The topological polar surface area (TPSA) is 32.3 Å². The predicted molar refractivity (Wildman–Crippen MR) is 76.4 cm³/mol. The van der Waals surface area contributed by atoms with E-state index < -0.39 is 5.60 Å². The van der Waals surface area contributed by atoms with Gasteiger partial charge in [-0.3, -0.25) is 0 Å². The lowest BCUT2D eigenvalue weighted by atomic mass is 9.94. The Morgan fingerprint density at radius 3 is 2.59 bits per heavy atom. The van der Waals surface area contributed by atoms with E-state index in [0.29, 0.717) is 0 Å². The lowest BCUT2D eigenvalue weighted by molar-refractivity contribution is 0.0250. The molecular formula is C13H20BrNOS. The zero-order valence-electron chi connectivity index (χ0n) is 10.0. The molecule has 2 N–H and O–H groups in total. The molecule has 0 bridgehead atoms. The summed E-state index contributed by atoms with van der Waals surface area (Å²) in [6.45, 7) is 1.57. The molecule has 1 aromatic rings. The molecule has 1 heterocycles. The summed E-state index contributed by atoms with van der Waals surface area (Å²) >= 11 is 5.17. The summed E-state index contributed by atoms with van der Waals surface area (Å²) in [4.78, 5) is 0. The van der Waals surface area contributed by atoms with Crippen molar-refractivity contribution in [2.24, 2.45) is 0 Å². The van der Waals surface area contributed by atoms with Gasteiger partial charge in [0.15, 0.2) is 0 Å². The van der Waals surface area contributed by atoms with Crippen molar-refractivity contribution in [3.63, 3.8) is 0 Å². The van der Waals surface area contributed by atoms with Crippen molar-refractivity contribution in [1.82, 2.24) is 5.32 Å². The number of hydrogen-bond donors (Lipinski definition) is 2. The molecule has 2 rings (SSSR count). The highest BCUT2D eigenvalue weighted by atomic mass is 79.9. The van der Waals surface area contributed by atoms with Crippen LogP contribution in [0.5, 0.6) is 0 Å². The Hall–Kier alpha value is 0.100. The molecule has 1 aliphatic carbocycles. The van der Waals surface area contributed by atoms with Crippen LogP contribution in [0.25, 0.3) is 0 Å². The fraction of sp³-hybridized carbons (Fsp3) is 0.692. The summed E-state index contributed by atoms with van der Waals surface area (Å²) in [6.07, 6.45) is 6.80. The Labute approximate surface area is 116 Å². The maximum absolute atomic E-state index is 10.5. The van der Waals surface area contributed by atoms with Gasteiger partial charge >= 0.3 is 0 Å². The highest BCUT2D eigenvalue weighted by Gasteiger charge is 2.27. The SMILES string of the molecule is OC1(CNCc2csc(Br)c2)CCCCCC1. The first kappa shape index (κ1) is 13.5. The molecule has 96 valence electrons. The van der Waals surface area contributed by atoms with Crippen molar-refractivity contribution < 1.29 is 5.11 Å². The minimum atomic E-state index is -0.468. The Bertz CT molecular complexity index is 345. The van der Waals surface area contributed by atoms with Crippen LogP contribution < -0.4 is 5.32 Å². The number of halogens is 1. The molecule has 0 spiro atoms. The van der Waals surface area contributed by atoms with Crippen LogP contribution in [-0.4, -0.2) is 17.3 Å². The van der Waals surface area contributed by atoms with Gasteiger partial charge in [-0.15, -0.1) is 11.3 Å². The molecule has 0 saturated heterocycles. The first-order valence-corrected chi connectivity index (χ1v) is 8.01. The van der Waals surface area contributed by atoms with Gasteiger partial charge in [0.2, 0.25) is 0 Å². The van der Waals surface area contributed by atoms with Crippen LogP contribution in [0.4, 0.5) is 0 Å². The van der Waals surface area contributed by atoms with Crippen LogP contribution in [0.15, 0.2) is 15.2 Å². The van der Waals surface area contributed by atoms with Crippen molar-refractivity contribution in [3.8, 4) is 0 Å². The zero-order valence-corrected chi connectivity index (χ0v) is 12.4. The molecule has 0 amide bonds. The van der Waals surface area contributed by atoms with Crippen LogP contribution in [-0.2, 0) is 6.54 Å². The summed E-state index contributed by atoms with van der Waals surface area (Å²) in [5.41, 5.74) is 0.822. The van der Waals surface area contributed by atoms with E-state index in [4.69, 9.17) is 0 Å². The van der Waals surface area contributed by atoms with E-state index in [2.05, 4.69) is 32.7 Å². The molecule has 17 heavy (non-hydrogen) atoms. The van der Waals surface area contributed by atoms with E-state index in [1.165, 1.54) is 35.0 Å². The first-order valence-electron chi connectivity index (χ1n) is 6.34. The molecule has 0 atom stereocenters. The fourth-order valence-corrected chi connectivity index (χ4v) is 3.65. The van der Waals surface area contributed by atoms with E-state index in [1.807, 2.05) is 0 Å². The molecule has 4 heteroatoms. The maximum atomic E-state index is 10.5. The molecule has 1 saturated carbocycles. The lowest BCUT2D eigenvalue weighted by Crippen LogP contribution is -2.39. The van der Waals surface area contributed by atoms with Crippen molar-refractivity contribution in [2.75, 3.05) is 6.54 Å². The van der Waals surface area contributed by atoms with Crippen LogP contribution in [0.2, 0.25) is 0 Å². The quantitative estimate of drug-likeness (QED) is 0.830. The Balaban J connectivity index is 1.76. The highest BCUT2D eigenvalue weighted by Crippen LogP contribution is 2.26. The third kappa shape index (κ3) is 4.36. The van der Waals surface area contributed by atoms with Gasteiger partial charge < -0.3 is 10.4 Å². The molecule has 0 radical (unpaired) electrons. The van der Waals surface area contributed by atoms with Crippen LogP contribution in [0.3, 0.4) is 0 Å². The van der Waals surface area contributed by atoms with Crippen LogP contribution in [0.1, 0.15) is 44.1 Å². The van der Waals surface area contributed by atoms with Gasteiger partial charge in [-0.1, -0.05) is 25.7 Å². The van der Waals surface area contributed by atoms with Gasteiger partial charge in [-0.2, -0.15) is 0 Å². The normalized spacial score (nSPS) is 20.1. The van der Waals surface area contributed by atoms with E-state index >= 15 is 0 Å². The summed E-state index contributed by atoms with van der Waals surface area (Å²) in [5, 5.41) is 16.0. The molecule has 0 unspecified atom stereocenters. The second kappa shape index (κ2) is 6.32. The minimum Gasteiger partial charge on any atom is -0.389 e. The highest BCUT2D eigenvalue weighted by molar-refractivity contribution is 9.11. The smallest absolute Gasteiger partial charge is 0.0771 e. The third-order valence-corrected chi connectivity index (χ3v) is 4.99. The van der Waals surface area contributed by atoms with E-state index in [9.17, 15) is 5.11 Å². The van der Waals surface area contributed by atoms with Gasteiger partial charge in [0.25, 0.3) is 0 Å². The number of aliphatic hydroxyl groups is 1. The largest absolute Gasteiger partial charge is 0.389 e. The van der Waals surface area contributed by atoms with E-state index in [-0.39, 0.29) is 0 Å².